The minimum atomic E-state index is -1.63. The SMILES string of the molecule is Fc1nc(F)c(F)c(N2CC=C(c3cccs3)CC2)c1F. The van der Waals surface area contributed by atoms with Gasteiger partial charge in [-0.15, -0.1) is 11.3 Å². The maximum atomic E-state index is 13.7. The molecule has 0 unspecified atom stereocenters. The van der Waals surface area contributed by atoms with Gasteiger partial charge in [0.25, 0.3) is 11.9 Å². The van der Waals surface area contributed by atoms with Crippen molar-refractivity contribution < 1.29 is 17.6 Å². The smallest absolute Gasteiger partial charge is 0.253 e. The van der Waals surface area contributed by atoms with Gasteiger partial charge in [0.2, 0.25) is 11.6 Å². The number of aromatic nitrogens is 1. The lowest BCUT2D eigenvalue weighted by atomic mass is 10.1. The third kappa shape index (κ3) is 2.53. The van der Waals surface area contributed by atoms with Crippen molar-refractivity contribution in [1.29, 1.82) is 0 Å². The molecule has 0 aliphatic carbocycles. The number of halogens is 4. The lowest BCUT2D eigenvalue weighted by Gasteiger charge is -2.28. The van der Waals surface area contributed by atoms with Crippen LogP contribution in [0.5, 0.6) is 0 Å². The van der Waals surface area contributed by atoms with E-state index in [2.05, 4.69) is 4.98 Å². The summed E-state index contributed by atoms with van der Waals surface area (Å²) in [6, 6.07) is 3.87. The van der Waals surface area contributed by atoms with Gasteiger partial charge in [-0.3, -0.25) is 0 Å². The number of pyridine rings is 1. The molecule has 3 rings (SSSR count). The standard InChI is InChI=1S/C14H10F4N2S/c15-10-12(11(16)14(18)19-13(10)17)20-5-3-8(4-6-20)9-2-1-7-21-9/h1-3,7H,4-6H2. The van der Waals surface area contributed by atoms with Crippen molar-refractivity contribution in [1.82, 2.24) is 4.98 Å². The van der Waals surface area contributed by atoms with Gasteiger partial charge >= 0.3 is 0 Å². The molecule has 0 radical (unpaired) electrons. The van der Waals surface area contributed by atoms with Gasteiger partial charge in [-0.1, -0.05) is 12.1 Å². The van der Waals surface area contributed by atoms with E-state index in [0.29, 0.717) is 6.42 Å². The second kappa shape index (κ2) is 5.48. The van der Waals surface area contributed by atoms with Crippen molar-refractivity contribution in [3.63, 3.8) is 0 Å². The molecule has 0 spiro atoms. The van der Waals surface area contributed by atoms with E-state index in [0.717, 1.165) is 10.5 Å². The van der Waals surface area contributed by atoms with Gasteiger partial charge in [0.05, 0.1) is 0 Å². The lowest BCUT2D eigenvalue weighted by Crippen LogP contribution is -2.30. The second-order valence-corrected chi connectivity index (χ2v) is 5.52. The number of rotatable bonds is 2. The topological polar surface area (TPSA) is 16.1 Å². The minimum absolute atomic E-state index is 0.184. The van der Waals surface area contributed by atoms with E-state index in [1.807, 2.05) is 23.6 Å². The molecule has 0 saturated heterocycles. The Kier molecular flexibility index (Phi) is 3.67. The number of thiophene rings is 1. The van der Waals surface area contributed by atoms with Crippen LogP contribution in [0, 0.1) is 23.5 Å². The summed E-state index contributed by atoms with van der Waals surface area (Å²) < 4.78 is 53.7. The molecule has 0 fully saturated rings. The highest BCUT2D eigenvalue weighted by atomic mass is 32.1. The van der Waals surface area contributed by atoms with E-state index in [4.69, 9.17) is 0 Å². The summed E-state index contributed by atoms with van der Waals surface area (Å²) in [5.41, 5.74) is 0.374. The summed E-state index contributed by atoms with van der Waals surface area (Å²) in [6.45, 7) is 0.463. The van der Waals surface area contributed by atoms with Crippen LogP contribution >= 0.6 is 11.3 Å². The first-order valence-electron chi connectivity index (χ1n) is 6.25. The molecule has 0 atom stereocenters. The first-order chi connectivity index (χ1) is 10.1. The first kappa shape index (κ1) is 14.1. The molecule has 0 aromatic carbocycles. The third-order valence-corrected chi connectivity index (χ3v) is 4.28. The zero-order chi connectivity index (χ0) is 15.0. The van der Waals surface area contributed by atoms with Crippen molar-refractivity contribution in [2.75, 3.05) is 18.0 Å². The van der Waals surface area contributed by atoms with Crippen LogP contribution in [0.4, 0.5) is 23.2 Å². The highest BCUT2D eigenvalue weighted by molar-refractivity contribution is 7.11. The number of nitrogens with zero attached hydrogens (tertiary/aromatic N) is 2. The predicted molar refractivity (Wildman–Crippen MR) is 73.2 cm³/mol. The average Bonchev–Trinajstić information content (AvgIpc) is 3.00. The van der Waals surface area contributed by atoms with Gasteiger partial charge in [-0.25, -0.2) is 0 Å². The summed E-state index contributed by atoms with van der Waals surface area (Å²) in [5.74, 6) is -6.17. The van der Waals surface area contributed by atoms with E-state index in [1.165, 1.54) is 4.90 Å². The molecule has 3 heterocycles. The Morgan fingerprint density at radius 3 is 2.33 bits per heavy atom. The van der Waals surface area contributed by atoms with Crippen LogP contribution in [0.15, 0.2) is 23.6 Å². The molecule has 0 bridgehead atoms. The molecule has 1 aliphatic rings. The minimum Gasteiger partial charge on any atom is -0.362 e. The molecule has 0 saturated carbocycles. The molecule has 0 N–H and O–H groups in total. The Hall–Kier alpha value is -1.89. The van der Waals surface area contributed by atoms with Gasteiger partial charge in [0.15, 0.2) is 0 Å². The summed E-state index contributed by atoms with van der Waals surface area (Å²) in [7, 11) is 0. The molecular formula is C14H10F4N2S. The molecule has 2 aromatic heterocycles. The van der Waals surface area contributed by atoms with Crippen LogP contribution in [-0.2, 0) is 0 Å². The number of anilines is 1. The summed E-state index contributed by atoms with van der Waals surface area (Å²) in [5, 5.41) is 1.94. The third-order valence-electron chi connectivity index (χ3n) is 3.34. The molecule has 21 heavy (non-hydrogen) atoms. The molecule has 7 heteroatoms. The van der Waals surface area contributed by atoms with Crippen molar-refractivity contribution in [3.8, 4) is 0 Å². The maximum Gasteiger partial charge on any atom is 0.253 e. The zero-order valence-corrected chi connectivity index (χ0v) is 11.6. The Balaban J connectivity index is 1.91. The molecule has 1 aliphatic heterocycles. The van der Waals surface area contributed by atoms with Crippen LogP contribution in [0.25, 0.3) is 5.57 Å². The fourth-order valence-corrected chi connectivity index (χ4v) is 3.11. The van der Waals surface area contributed by atoms with Gasteiger partial charge in [-0.05, 0) is 23.4 Å². The zero-order valence-electron chi connectivity index (χ0n) is 10.7. The van der Waals surface area contributed by atoms with Crippen molar-refractivity contribution in [2.45, 2.75) is 6.42 Å². The predicted octanol–water partition coefficient (Wildman–Crippen LogP) is 3.99. The monoisotopic (exact) mass is 314 g/mol. The normalized spacial score (nSPS) is 15.2. The summed E-state index contributed by atoms with van der Waals surface area (Å²) in [4.78, 5) is 4.92. The Labute approximate surface area is 122 Å². The van der Waals surface area contributed by atoms with Crippen LogP contribution in [-0.4, -0.2) is 18.1 Å². The number of hydrogen-bond acceptors (Lipinski definition) is 3. The average molecular weight is 314 g/mol. The van der Waals surface area contributed by atoms with Crippen LogP contribution in [0.3, 0.4) is 0 Å². The van der Waals surface area contributed by atoms with Crippen molar-refractivity contribution >= 4 is 22.6 Å². The molecule has 110 valence electrons. The largest absolute Gasteiger partial charge is 0.362 e. The van der Waals surface area contributed by atoms with E-state index < -0.39 is 29.2 Å². The van der Waals surface area contributed by atoms with Crippen molar-refractivity contribution in [2.24, 2.45) is 0 Å². The van der Waals surface area contributed by atoms with Crippen LogP contribution < -0.4 is 4.90 Å². The summed E-state index contributed by atoms with van der Waals surface area (Å²) >= 11 is 1.57. The highest BCUT2D eigenvalue weighted by Crippen LogP contribution is 2.31. The molecule has 2 aromatic rings. The van der Waals surface area contributed by atoms with Gasteiger partial charge in [0, 0.05) is 18.0 Å². The fourth-order valence-electron chi connectivity index (χ4n) is 2.31. The maximum absolute atomic E-state index is 13.7. The van der Waals surface area contributed by atoms with Gasteiger partial charge in [-0.2, -0.15) is 22.5 Å². The van der Waals surface area contributed by atoms with Crippen molar-refractivity contribution in [3.05, 3.63) is 52.0 Å². The van der Waals surface area contributed by atoms with Gasteiger partial charge < -0.3 is 4.90 Å². The quantitative estimate of drug-likeness (QED) is 0.615. The van der Waals surface area contributed by atoms with Crippen LogP contribution in [0.2, 0.25) is 0 Å². The fraction of sp³-hybridized carbons (Fsp3) is 0.214. The van der Waals surface area contributed by atoms with E-state index in [1.54, 1.807) is 11.3 Å². The Morgan fingerprint density at radius 1 is 1.10 bits per heavy atom. The lowest BCUT2D eigenvalue weighted by molar-refractivity contribution is 0.406. The highest BCUT2D eigenvalue weighted by Gasteiger charge is 2.26. The van der Waals surface area contributed by atoms with Gasteiger partial charge in [0.1, 0.15) is 5.69 Å². The van der Waals surface area contributed by atoms with E-state index in [-0.39, 0.29) is 13.1 Å². The molecule has 2 nitrogen and oxygen atoms in total. The van der Waals surface area contributed by atoms with E-state index in [9.17, 15) is 17.6 Å². The first-order valence-corrected chi connectivity index (χ1v) is 7.13. The second-order valence-electron chi connectivity index (χ2n) is 4.57. The molecule has 0 amide bonds. The van der Waals surface area contributed by atoms with Crippen LogP contribution in [0.1, 0.15) is 11.3 Å². The Bertz CT molecular complexity index is 671. The van der Waals surface area contributed by atoms with E-state index >= 15 is 0 Å². The Morgan fingerprint density at radius 2 is 1.81 bits per heavy atom. The molecular weight excluding hydrogens is 304 g/mol. The summed E-state index contributed by atoms with van der Waals surface area (Å²) in [6.07, 6.45) is 2.36. The number of hydrogen-bond donors (Lipinski definition) is 0.